The van der Waals surface area contributed by atoms with E-state index in [0.29, 0.717) is 18.4 Å². The van der Waals surface area contributed by atoms with E-state index in [4.69, 9.17) is 4.52 Å². The first-order valence-electron chi connectivity index (χ1n) is 7.90. The van der Waals surface area contributed by atoms with Crippen LogP contribution in [-0.2, 0) is 4.79 Å². The molecule has 0 aromatic carbocycles. The third-order valence-corrected chi connectivity index (χ3v) is 4.11. The van der Waals surface area contributed by atoms with Crippen LogP contribution >= 0.6 is 12.4 Å². The molecular formula is C15H27ClN4O2. The smallest absolute Gasteiger partial charge is 0.248 e. The molecule has 0 radical (unpaired) electrons. The summed E-state index contributed by atoms with van der Waals surface area (Å²) in [6.07, 6.45) is 6.06. The highest BCUT2D eigenvalue weighted by atomic mass is 35.5. The molecule has 7 heteroatoms. The maximum Gasteiger partial charge on any atom is 0.248 e. The SMILES string of the molecule is CNCC(C)C(=O)NC(C)c1nc(C2CCCCC2)no1.Cl. The lowest BCUT2D eigenvalue weighted by Crippen LogP contribution is -2.35. The number of aromatic nitrogens is 2. The maximum atomic E-state index is 12.0. The fourth-order valence-electron chi connectivity index (χ4n) is 2.77. The van der Waals surface area contributed by atoms with E-state index in [-0.39, 0.29) is 30.3 Å². The highest BCUT2D eigenvalue weighted by molar-refractivity contribution is 5.85. The first kappa shape index (κ1) is 18.9. The Hall–Kier alpha value is -1.14. The van der Waals surface area contributed by atoms with Gasteiger partial charge in [-0.2, -0.15) is 4.98 Å². The van der Waals surface area contributed by atoms with Crippen molar-refractivity contribution >= 4 is 18.3 Å². The Labute approximate surface area is 138 Å². The fraction of sp³-hybridized carbons (Fsp3) is 0.800. The van der Waals surface area contributed by atoms with Crippen LogP contribution in [0.2, 0.25) is 0 Å². The van der Waals surface area contributed by atoms with Crippen molar-refractivity contribution in [2.24, 2.45) is 5.92 Å². The zero-order valence-corrected chi connectivity index (χ0v) is 14.4. The summed E-state index contributed by atoms with van der Waals surface area (Å²) in [6.45, 7) is 4.41. The van der Waals surface area contributed by atoms with Crippen LogP contribution in [0.1, 0.15) is 69.6 Å². The Balaban J connectivity index is 0.00000242. The van der Waals surface area contributed by atoms with E-state index in [1.807, 2.05) is 20.9 Å². The summed E-state index contributed by atoms with van der Waals surface area (Å²) in [6, 6.07) is -0.248. The molecule has 22 heavy (non-hydrogen) atoms. The topological polar surface area (TPSA) is 80.0 Å². The summed E-state index contributed by atoms with van der Waals surface area (Å²) in [5.74, 6) is 1.63. The zero-order chi connectivity index (χ0) is 15.2. The van der Waals surface area contributed by atoms with E-state index in [1.165, 1.54) is 19.3 Å². The molecule has 1 aliphatic carbocycles. The van der Waals surface area contributed by atoms with Crippen LogP contribution in [0.15, 0.2) is 4.52 Å². The number of carbonyl (C=O) groups excluding carboxylic acids is 1. The third kappa shape index (κ3) is 4.95. The number of nitrogens with one attached hydrogen (secondary N) is 2. The molecule has 1 saturated carbocycles. The van der Waals surface area contributed by atoms with Crippen LogP contribution in [0.4, 0.5) is 0 Å². The molecule has 1 fully saturated rings. The predicted molar refractivity (Wildman–Crippen MR) is 87.0 cm³/mol. The Morgan fingerprint density at radius 1 is 1.32 bits per heavy atom. The standard InChI is InChI=1S/C15H26N4O2.ClH/c1-10(9-16-3)14(20)17-11(2)15-18-13(19-21-15)12-7-5-4-6-8-12;/h10-12,16H,4-9H2,1-3H3,(H,17,20);1H. The summed E-state index contributed by atoms with van der Waals surface area (Å²) < 4.78 is 5.33. The number of hydrogen-bond donors (Lipinski definition) is 2. The van der Waals surface area contributed by atoms with E-state index in [9.17, 15) is 4.79 Å². The normalized spacial score (nSPS) is 18.3. The number of hydrogen-bond acceptors (Lipinski definition) is 5. The number of rotatable bonds is 6. The molecule has 1 aliphatic rings. The molecule has 1 aromatic heterocycles. The Morgan fingerprint density at radius 2 is 2.00 bits per heavy atom. The largest absolute Gasteiger partial charge is 0.344 e. The van der Waals surface area contributed by atoms with Gasteiger partial charge in [-0.05, 0) is 26.8 Å². The summed E-state index contributed by atoms with van der Waals surface area (Å²) in [4.78, 5) is 16.5. The van der Waals surface area contributed by atoms with Gasteiger partial charge in [0.05, 0.1) is 0 Å². The van der Waals surface area contributed by atoms with E-state index in [1.54, 1.807) is 0 Å². The van der Waals surface area contributed by atoms with Crippen molar-refractivity contribution in [2.45, 2.75) is 57.9 Å². The molecular weight excluding hydrogens is 304 g/mol. The number of nitrogens with zero attached hydrogens (tertiary/aromatic N) is 2. The molecule has 0 bridgehead atoms. The second kappa shape index (κ2) is 9.10. The third-order valence-electron chi connectivity index (χ3n) is 4.11. The van der Waals surface area contributed by atoms with Crippen molar-refractivity contribution in [1.82, 2.24) is 20.8 Å². The van der Waals surface area contributed by atoms with Crippen molar-refractivity contribution in [3.63, 3.8) is 0 Å². The van der Waals surface area contributed by atoms with Crippen molar-refractivity contribution in [3.8, 4) is 0 Å². The predicted octanol–water partition coefficient (Wildman–Crippen LogP) is 2.57. The summed E-state index contributed by atoms with van der Waals surface area (Å²) in [5, 5.41) is 10.0. The Bertz CT molecular complexity index is 460. The fourth-order valence-corrected chi connectivity index (χ4v) is 2.77. The van der Waals surface area contributed by atoms with Gasteiger partial charge in [-0.25, -0.2) is 0 Å². The van der Waals surface area contributed by atoms with Crippen LogP contribution in [-0.4, -0.2) is 29.6 Å². The molecule has 2 N–H and O–H groups in total. The highest BCUT2D eigenvalue weighted by Crippen LogP contribution is 2.31. The van der Waals surface area contributed by atoms with E-state index in [2.05, 4.69) is 20.8 Å². The van der Waals surface area contributed by atoms with Gasteiger partial charge < -0.3 is 15.2 Å². The molecule has 1 amide bonds. The number of halogens is 1. The van der Waals surface area contributed by atoms with Crippen LogP contribution in [0, 0.1) is 5.92 Å². The molecule has 0 aliphatic heterocycles. The van der Waals surface area contributed by atoms with E-state index in [0.717, 1.165) is 18.7 Å². The van der Waals surface area contributed by atoms with E-state index >= 15 is 0 Å². The lowest BCUT2D eigenvalue weighted by atomic mass is 9.89. The first-order valence-corrected chi connectivity index (χ1v) is 7.90. The zero-order valence-electron chi connectivity index (χ0n) is 13.6. The molecule has 2 atom stereocenters. The van der Waals surface area contributed by atoms with E-state index < -0.39 is 0 Å². The monoisotopic (exact) mass is 330 g/mol. The molecule has 1 aromatic rings. The number of carbonyl (C=O) groups is 1. The Kier molecular flexibility index (Phi) is 7.82. The molecule has 1 heterocycles. The average Bonchev–Trinajstić information content (AvgIpc) is 2.98. The van der Waals surface area contributed by atoms with Gasteiger partial charge in [0.2, 0.25) is 11.8 Å². The average molecular weight is 331 g/mol. The van der Waals surface area contributed by atoms with Gasteiger partial charge in [-0.3, -0.25) is 4.79 Å². The van der Waals surface area contributed by atoms with Crippen molar-refractivity contribution in [2.75, 3.05) is 13.6 Å². The minimum Gasteiger partial charge on any atom is -0.344 e. The molecule has 2 unspecified atom stereocenters. The van der Waals surface area contributed by atoms with Crippen LogP contribution in [0.3, 0.4) is 0 Å². The minimum absolute atomic E-state index is 0. The Morgan fingerprint density at radius 3 is 2.64 bits per heavy atom. The van der Waals surface area contributed by atoms with Gasteiger partial charge in [0.15, 0.2) is 5.82 Å². The second-order valence-electron chi connectivity index (χ2n) is 6.01. The molecule has 0 spiro atoms. The number of amides is 1. The van der Waals surface area contributed by atoms with Crippen molar-refractivity contribution in [3.05, 3.63) is 11.7 Å². The quantitative estimate of drug-likeness (QED) is 0.838. The highest BCUT2D eigenvalue weighted by Gasteiger charge is 2.24. The van der Waals surface area contributed by atoms with Gasteiger partial charge in [0.25, 0.3) is 0 Å². The van der Waals surface area contributed by atoms with Crippen LogP contribution < -0.4 is 10.6 Å². The van der Waals surface area contributed by atoms with Crippen molar-refractivity contribution in [1.29, 1.82) is 0 Å². The molecule has 0 saturated heterocycles. The van der Waals surface area contributed by atoms with Gasteiger partial charge >= 0.3 is 0 Å². The lowest BCUT2D eigenvalue weighted by Gasteiger charge is -2.17. The summed E-state index contributed by atoms with van der Waals surface area (Å²) in [5.41, 5.74) is 0. The maximum absolute atomic E-state index is 12.0. The summed E-state index contributed by atoms with van der Waals surface area (Å²) >= 11 is 0. The lowest BCUT2D eigenvalue weighted by molar-refractivity contribution is -0.125. The van der Waals surface area contributed by atoms with Gasteiger partial charge in [0.1, 0.15) is 6.04 Å². The van der Waals surface area contributed by atoms with Crippen LogP contribution in [0.25, 0.3) is 0 Å². The first-order chi connectivity index (χ1) is 10.1. The molecule has 6 nitrogen and oxygen atoms in total. The van der Waals surface area contributed by atoms with Crippen LogP contribution in [0.5, 0.6) is 0 Å². The van der Waals surface area contributed by atoms with Gasteiger partial charge in [0, 0.05) is 18.4 Å². The summed E-state index contributed by atoms with van der Waals surface area (Å²) in [7, 11) is 1.83. The molecule has 126 valence electrons. The minimum atomic E-state index is -0.248. The van der Waals surface area contributed by atoms with Gasteiger partial charge in [-0.1, -0.05) is 31.3 Å². The van der Waals surface area contributed by atoms with Gasteiger partial charge in [-0.15, -0.1) is 12.4 Å². The van der Waals surface area contributed by atoms with Crippen molar-refractivity contribution < 1.29 is 9.32 Å². The molecule has 2 rings (SSSR count). The second-order valence-corrected chi connectivity index (χ2v) is 6.01.